The van der Waals surface area contributed by atoms with E-state index in [0.29, 0.717) is 36.9 Å². The molecule has 0 fully saturated rings. The smallest absolute Gasteiger partial charge is 0.332 e. The van der Waals surface area contributed by atoms with Crippen LogP contribution in [-0.2, 0) is 18.3 Å². The van der Waals surface area contributed by atoms with Crippen molar-refractivity contribution >= 4 is 22.8 Å². The number of allylic oxidation sites excluding steroid dienone is 1. The summed E-state index contributed by atoms with van der Waals surface area (Å²) in [5, 5.41) is 6.33. The van der Waals surface area contributed by atoms with Crippen LogP contribution >= 0.6 is 0 Å². The Morgan fingerprint density at radius 2 is 2.04 bits per heavy atom. The normalized spacial score (nSPS) is 16.6. The third kappa shape index (κ3) is 3.12. The standard InChI is InChI=1S/C18H26N6O3/c1-7-27-9-8-23-17-19-15-14(24(17)13(5)12(4)20-23)16(25)22(10-11(2)3)18(26)21(15)6/h13H,2,7-10H2,1,3-6H3. The highest BCUT2D eigenvalue weighted by Crippen LogP contribution is 2.29. The summed E-state index contributed by atoms with van der Waals surface area (Å²) in [4.78, 5) is 30.4. The highest BCUT2D eigenvalue weighted by Gasteiger charge is 2.30. The Kier molecular flexibility index (Phi) is 5.05. The zero-order valence-corrected chi connectivity index (χ0v) is 16.5. The average molecular weight is 374 g/mol. The van der Waals surface area contributed by atoms with E-state index in [0.717, 1.165) is 11.3 Å². The van der Waals surface area contributed by atoms with Gasteiger partial charge in [0.25, 0.3) is 5.56 Å². The van der Waals surface area contributed by atoms with Crippen LogP contribution in [0.2, 0.25) is 0 Å². The van der Waals surface area contributed by atoms with E-state index in [2.05, 4.69) is 16.7 Å². The first kappa shape index (κ1) is 19.1. The largest absolute Gasteiger partial charge is 0.380 e. The zero-order chi connectivity index (χ0) is 19.9. The van der Waals surface area contributed by atoms with E-state index in [9.17, 15) is 9.59 Å². The quantitative estimate of drug-likeness (QED) is 0.561. The van der Waals surface area contributed by atoms with Gasteiger partial charge in [-0.3, -0.25) is 18.5 Å². The molecule has 146 valence electrons. The number of anilines is 1. The summed E-state index contributed by atoms with van der Waals surface area (Å²) in [6.07, 6.45) is 0. The Balaban J connectivity index is 2.27. The van der Waals surface area contributed by atoms with Crippen molar-refractivity contribution in [3.63, 3.8) is 0 Å². The summed E-state index contributed by atoms with van der Waals surface area (Å²) in [7, 11) is 1.63. The minimum atomic E-state index is -0.405. The van der Waals surface area contributed by atoms with Crippen molar-refractivity contribution in [3.05, 3.63) is 33.0 Å². The highest BCUT2D eigenvalue weighted by atomic mass is 16.5. The number of aryl methyl sites for hydroxylation is 1. The van der Waals surface area contributed by atoms with Gasteiger partial charge in [-0.1, -0.05) is 12.2 Å². The second kappa shape index (κ2) is 7.15. The van der Waals surface area contributed by atoms with Crippen LogP contribution in [0.3, 0.4) is 0 Å². The summed E-state index contributed by atoms with van der Waals surface area (Å²) >= 11 is 0. The highest BCUT2D eigenvalue weighted by molar-refractivity contribution is 5.91. The lowest BCUT2D eigenvalue weighted by molar-refractivity contribution is 0.153. The SMILES string of the molecule is C=C(C)Cn1c(=O)c2c(nc3n2C(C)C(C)=NN3CCOCC)n(C)c1=O. The van der Waals surface area contributed by atoms with Crippen LogP contribution in [0.15, 0.2) is 26.8 Å². The minimum Gasteiger partial charge on any atom is -0.380 e. The Morgan fingerprint density at radius 3 is 2.67 bits per heavy atom. The molecule has 0 aliphatic carbocycles. The van der Waals surface area contributed by atoms with E-state index in [1.807, 2.05) is 25.3 Å². The van der Waals surface area contributed by atoms with Gasteiger partial charge in [0.1, 0.15) is 0 Å². The van der Waals surface area contributed by atoms with Gasteiger partial charge in [-0.25, -0.2) is 9.80 Å². The molecular weight excluding hydrogens is 348 g/mol. The molecule has 0 N–H and O–H groups in total. The molecular formula is C18H26N6O3. The second-order valence-electron chi connectivity index (χ2n) is 6.88. The molecule has 0 aromatic carbocycles. The number of hydrogen-bond donors (Lipinski definition) is 0. The third-order valence-electron chi connectivity index (χ3n) is 4.74. The number of ether oxygens (including phenoxy) is 1. The molecule has 1 aliphatic heterocycles. The van der Waals surface area contributed by atoms with E-state index in [1.165, 1.54) is 9.13 Å². The van der Waals surface area contributed by atoms with E-state index in [-0.39, 0.29) is 18.1 Å². The molecule has 1 unspecified atom stereocenters. The summed E-state index contributed by atoms with van der Waals surface area (Å²) in [5.74, 6) is 0.544. The maximum absolute atomic E-state index is 13.2. The lowest BCUT2D eigenvalue weighted by Gasteiger charge is -2.29. The van der Waals surface area contributed by atoms with Crippen molar-refractivity contribution < 1.29 is 4.74 Å². The molecule has 1 atom stereocenters. The first-order valence-electron chi connectivity index (χ1n) is 9.04. The van der Waals surface area contributed by atoms with Crippen molar-refractivity contribution in [2.24, 2.45) is 12.1 Å². The van der Waals surface area contributed by atoms with Crippen molar-refractivity contribution in [1.29, 1.82) is 0 Å². The monoisotopic (exact) mass is 374 g/mol. The fourth-order valence-electron chi connectivity index (χ4n) is 3.24. The number of imidazole rings is 1. The summed E-state index contributed by atoms with van der Waals surface area (Å²) in [5.41, 5.74) is 1.58. The molecule has 9 heteroatoms. The van der Waals surface area contributed by atoms with Crippen LogP contribution in [0.1, 0.15) is 33.7 Å². The van der Waals surface area contributed by atoms with Gasteiger partial charge in [0.2, 0.25) is 5.95 Å². The molecule has 0 spiro atoms. The summed E-state index contributed by atoms with van der Waals surface area (Å²) in [6, 6.07) is -0.142. The van der Waals surface area contributed by atoms with Gasteiger partial charge in [0, 0.05) is 13.7 Å². The fourth-order valence-corrected chi connectivity index (χ4v) is 3.24. The Labute approximate surface area is 157 Å². The zero-order valence-electron chi connectivity index (χ0n) is 16.5. The van der Waals surface area contributed by atoms with Gasteiger partial charge in [-0.05, 0) is 27.7 Å². The average Bonchev–Trinajstić information content (AvgIpc) is 3.02. The predicted octanol–water partition coefficient (Wildman–Crippen LogP) is 1.27. The van der Waals surface area contributed by atoms with Gasteiger partial charge < -0.3 is 4.74 Å². The molecule has 0 bridgehead atoms. The van der Waals surface area contributed by atoms with Crippen LogP contribution in [0.25, 0.3) is 11.2 Å². The van der Waals surface area contributed by atoms with E-state index < -0.39 is 5.69 Å². The Bertz CT molecular complexity index is 1040. The van der Waals surface area contributed by atoms with Crippen molar-refractivity contribution in [1.82, 2.24) is 18.7 Å². The third-order valence-corrected chi connectivity index (χ3v) is 4.74. The lowest BCUT2D eigenvalue weighted by atomic mass is 10.2. The molecule has 0 radical (unpaired) electrons. The maximum Gasteiger partial charge on any atom is 0.332 e. The number of hydrazone groups is 1. The Morgan fingerprint density at radius 1 is 1.33 bits per heavy atom. The van der Waals surface area contributed by atoms with Crippen molar-refractivity contribution in [3.8, 4) is 0 Å². The predicted molar refractivity (Wildman–Crippen MR) is 106 cm³/mol. The van der Waals surface area contributed by atoms with Crippen LogP contribution in [0.5, 0.6) is 0 Å². The molecule has 27 heavy (non-hydrogen) atoms. The molecule has 3 heterocycles. The molecule has 0 saturated heterocycles. The lowest BCUT2D eigenvalue weighted by Crippen LogP contribution is -2.40. The number of hydrogen-bond acceptors (Lipinski definition) is 6. The molecule has 0 amide bonds. The van der Waals surface area contributed by atoms with E-state index >= 15 is 0 Å². The topological polar surface area (TPSA) is 86.7 Å². The Hall–Kier alpha value is -2.68. The molecule has 1 aliphatic rings. The van der Waals surface area contributed by atoms with Crippen molar-refractivity contribution in [2.75, 3.05) is 24.8 Å². The van der Waals surface area contributed by atoms with E-state index in [4.69, 9.17) is 4.74 Å². The van der Waals surface area contributed by atoms with Crippen LogP contribution < -0.4 is 16.3 Å². The van der Waals surface area contributed by atoms with Crippen LogP contribution in [-0.4, -0.2) is 44.2 Å². The van der Waals surface area contributed by atoms with Gasteiger partial charge in [0.05, 0.1) is 31.4 Å². The maximum atomic E-state index is 13.2. The van der Waals surface area contributed by atoms with Gasteiger partial charge in [-0.2, -0.15) is 10.1 Å². The van der Waals surface area contributed by atoms with Crippen molar-refractivity contribution in [2.45, 2.75) is 40.3 Å². The summed E-state index contributed by atoms with van der Waals surface area (Å²) < 4.78 is 9.92. The van der Waals surface area contributed by atoms with Gasteiger partial charge >= 0.3 is 5.69 Å². The molecule has 0 saturated carbocycles. The molecule has 9 nitrogen and oxygen atoms in total. The number of fused-ring (bicyclic) bond motifs is 3. The molecule has 3 rings (SSSR count). The second-order valence-corrected chi connectivity index (χ2v) is 6.88. The van der Waals surface area contributed by atoms with E-state index in [1.54, 1.807) is 19.0 Å². The molecule has 2 aromatic rings. The summed E-state index contributed by atoms with van der Waals surface area (Å²) in [6.45, 7) is 13.2. The van der Waals surface area contributed by atoms with Gasteiger partial charge in [-0.15, -0.1) is 0 Å². The first-order valence-corrected chi connectivity index (χ1v) is 9.04. The number of nitrogens with zero attached hydrogens (tertiary/aromatic N) is 6. The van der Waals surface area contributed by atoms with Crippen LogP contribution in [0, 0.1) is 0 Å². The minimum absolute atomic E-state index is 0.142. The van der Waals surface area contributed by atoms with Gasteiger partial charge in [0.15, 0.2) is 11.2 Å². The molecule has 2 aromatic heterocycles. The fraction of sp³-hybridized carbons (Fsp3) is 0.556. The van der Waals surface area contributed by atoms with Crippen LogP contribution in [0.4, 0.5) is 5.95 Å². The number of aromatic nitrogens is 4. The first-order chi connectivity index (χ1) is 12.8. The number of rotatable bonds is 6.